The van der Waals surface area contributed by atoms with E-state index in [1.165, 1.54) is 0 Å². The first-order chi connectivity index (χ1) is 7.21. The van der Waals surface area contributed by atoms with Gasteiger partial charge in [-0.15, -0.1) is 0 Å². The summed E-state index contributed by atoms with van der Waals surface area (Å²) >= 11 is 0. The van der Waals surface area contributed by atoms with Crippen molar-refractivity contribution in [3.05, 3.63) is 12.7 Å². The zero-order chi connectivity index (χ0) is 11.3. The molecule has 0 saturated carbocycles. The number of carbonyl (C=O) groups is 1. The van der Waals surface area contributed by atoms with Crippen LogP contribution in [0.2, 0.25) is 0 Å². The van der Waals surface area contributed by atoms with Crippen molar-refractivity contribution >= 4 is 6.16 Å². The van der Waals surface area contributed by atoms with Crippen molar-refractivity contribution in [2.45, 2.75) is 18.8 Å². The quantitative estimate of drug-likeness (QED) is 0.394. The van der Waals surface area contributed by atoms with Crippen molar-refractivity contribution in [3.63, 3.8) is 0 Å². The monoisotopic (exact) mass is 216 g/mol. The number of methoxy groups -OCH3 is 2. The highest BCUT2D eigenvalue weighted by atomic mass is 16.7. The molecule has 5 heteroatoms. The average Bonchev–Trinajstić information content (AvgIpc) is 2.27. The molecule has 86 valence electrons. The fraction of sp³-hybridized carbons (Fsp3) is 0.700. The average molecular weight is 216 g/mol. The third-order valence-corrected chi connectivity index (χ3v) is 2.37. The normalized spacial score (nSPS) is 25.9. The molecule has 0 amide bonds. The molecule has 0 aliphatic carbocycles. The molecule has 5 nitrogen and oxygen atoms in total. The Labute approximate surface area is 88.9 Å². The number of hydrogen-bond donors (Lipinski definition) is 0. The summed E-state index contributed by atoms with van der Waals surface area (Å²) in [5.41, 5.74) is 0. The summed E-state index contributed by atoms with van der Waals surface area (Å²) in [4.78, 5) is 10.8. The maximum atomic E-state index is 10.8. The molecule has 0 unspecified atom stereocenters. The number of hydrogen-bond acceptors (Lipinski definition) is 5. The van der Waals surface area contributed by atoms with Gasteiger partial charge in [0.15, 0.2) is 6.29 Å². The second-order valence-corrected chi connectivity index (χ2v) is 3.28. The summed E-state index contributed by atoms with van der Waals surface area (Å²) in [7, 11) is 3.12. The summed E-state index contributed by atoms with van der Waals surface area (Å²) < 4.78 is 19.9. The minimum absolute atomic E-state index is 0.0186. The molecule has 1 fully saturated rings. The van der Waals surface area contributed by atoms with Gasteiger partial charge < -0.3 is 18.9 Å². The van der Waals surface area contributed by atoms with Crippen LogP contribution in [-0.4, -0.2) is 39.4 Å². The van der Waals surface area contributed by atoms with Crippen LogP contribution in [0.4, 0.5) is 4.79 Å². The maximum Gasteiger partial charge on any atom is 0.508 e. The lowest BCUT2D eigenvalue weighted by Crippen LogP contribution is -2.38. The molecule has 1 aliphatic heterocycles. The predicted octanol–water partition coefficient (Wildman–Crippen LogP) is 1.33. The first kappa shape index (κ1) is 12.0. The number of cyclic esters (lactones) is 2. The molecule has 1 saturated heterocycles. The molecule has 1 rings (SSSR count). The van der Waals surface area contributed by atoms with E-state index in [4.69, 9.17) is 18.9 Å². The Bertz CT molecular complexity index is 224. The summed E-state index contributed by atoms with van der Waals surface area (Å²) in [6, 6.07) is 0. The van der Waals surface area contributed by atoms with E-state index in [9.17, 15) is 4.79 Å². The zero-order valence-corrected chi connectivity index (χ0v) is 8.97. The van der Waals surface area contributed by atoms with E-state index in [0.717, 1.165) is 0 Å². The number of ether oxygens (including phenoxy) is 4. The molecule has 0 N–H and O–H groups in total. The molecular formula is C10H16O5. The van der Waals surface area contributed by atoms with Crippen molar-refractivity contribution in [2.75, 3.05) is 20.8 Å². The largest absolute Gasteiger partial charge is 0.508 e. The van der Waals surface area contributed by atoms with Crippen LogP contribution in [0, 0.1) is 5.92 Å². The van der Waals surface area contributed by atoms with E-state index >= 15 is 0 Å². The first-order valence-corrected chi connectivity index (χ1v) is 4.72. The van der Waals surface area contributed by atoms with Crippen LogP contribution < -0.4 is 0 Å². The van der Waals surface area contributed by atoms with E-state index in [-0.39, 0.29) is 18.3 Å². The van der Waals surface area contributed by atoms with Crippen molar-refractivity contribution in [2.24, 2.45) is 5.92 Å². The fourth-order valence-corrected chi connectivity index (χ4v) is 1.49. The van der Waals surface area contributed by atoms with Crippen LogP contribution in [0.25, 0.3) is 0 Å². The molecule has 0 aromatic rings. The van der Waals surface area contributed by atoms with Gasteiger partial charge in [0.25, 0.3) is 0 Å². The van der Waals surface area contributed by atoms with E-state index in [0.29, 0.717) is 13.0 Å². The molecule has 15 heavy (non-hydrogen) atoms. The van der Waals surface area contributed by atoms with Gasteiger partial charge in [0.2, 0.25) is 0 Å². The third-order valence-electron chi connectivity index (χ3n) is 2.37. The van der Waals surface area contributed by atoms with Crippen LogP contribution in [0.5, 0.6) is 0 Å². The van der Waals surface area contributed by atoms with Crippen LogP contribution in [0.15, 0.2) is 12.7 Å². The highest BCUT2D eigenvalue weighted by molar-refractivity contribution is 5.61. The minimum Gasteiger partial charge on any atom is -0.434 e. The van der Waals surface area contributed by atoms with Crippen molar-refractivity contribution in [3.8, 4) is 0 Å². The van der Waals surface area contributed by atoms with Crippen molar-refractivity contribution < 1.29 is 23.7 Å². The molecule has 1 aliphatic rings. The van der Waals surface area contributed by atoms with Crippen LogP contribution in [-0.2, 0) is 18.9 Å². The van der Waals surface area contributed by atoms with E-state index in [1.807, 2.05) is 0 Å². The Balaban J connectivity index is 2.51. The van der Waals surface area contributed by atoms with E-state index in [1.54, 1.807) is 20.3 Å². The van der Waals surface area contributed by atoms with Gasteiger partial charge in [0, 0.05) is 26.6 Å². The van der Waals surface area contributed by atoms with Gasteiger partial charge in [-0.2, -0.15) is 0 Å². The van der Waals surface area contributed by atoms with Gasteiger partial charge in [0.1, 0.15) is 12.7 Å². The van der Waals surface area contributed by atoms with Gasteiger partial charge in [-0.25, -0.2) is 4.79 Å². The summed E-state index contributed by atoms with van der Waals surface area (Å²) in [6.07, 6.45) is 0.879. The Morgan fingerprint density at radius 3 is 2.80 bits per heavy atom. The standard InChI is InChI=1S/C10H16O5/c1-4-8-7(5-9(12-2)13-3)6-14-10(11)15-8/h4,7-9H,1,5-6H2,2-3H3/t7-,8+/m0/s1. The second kappa shape index (κ2) is 5.72. The highest BCUT2D eigenvalue weighted by Crippen LogP contribution is 2.22. The van der Waals surface area contributed by atoms with Crippen molar-refractivity contribution in [1.29, 1.82) is 0 Å². The Morgan fingerprint density at radius 1 is 1.60 bits per heavy atom. The topological polar surface area (TPSA) is 54.0 Å². The van der Waals surface area contributed by atoms with Gasteiger partial charge in [0.05, 0.1) is 0 Å². The molecule has 1 heterocycles. The summed E-state index contributed by atoms with van der Waals surface area (Å²) in [6.45, 7) is 3.92. The maximum absolute atomic E-state index is 10.8. The Morgan fingerprint density at radius 2 is 2.27 bits per heavy atom. The minimum atomic E-state index is -0.650. The smallest absolute Gasteiger partial charge is 0.434 e. The Kier molecular flexibility index (Phi) is 4.58. The van der Waals surface area contributed by atoms with Gasteiger partial charge in [-0.3, -0.25) is 0 Å². The zero-order valence-electron chi connectivity index (χ0n) is 8.97. The van der Waals surface area contributed by atoms with Gasteiger partial charge in [-0.05, 0) is 0 Å². The fourth-order valence-electron chi connectivity index (χ4n) is 1.49. The third kappa shape index (κ3) is 3.21. The lowest BCUT2D eigenvalue weighted by molar-refractivity contribution is -0.134. The molecule has 0 aromatic heterocycles. The second-order valence-electron chi connectivity index (χ2n) is 3.28. The van der Waals surface area contributed by atoms with Crippen molar-refractivity contribution in [1.82, 2.24) is 0 Å². The molecule has 0 spiro atoms. The molecule has 0 radical (unpaired) electrons. The van der Waals surface area contributed by atoms with Gasteiger partial charge >= 0.3 is 6.16 Å². The van der Waals surface area contributed by atoms with Crippen LogP contribution in [0.3, 0.4) is 0 Å². The molecule has 2 atom stereocenters. The van der Waals surface area contributed by atoms with E-state index in [2.05, 4.69) is 6.58 Å². The number of rotatable bonds is 5. The molecular weight excluding hydrogens is 200 g/mol. The lowest BCUT2D eigenvalue weighted by Gasteiger charge is -2.30. The Hall–Kier alpha value is -1.07. The predicted molar refractivity (Wildman–Crippen MR) is 52.3 cm³/mol. The SMILES string of the molecule is C=C[C@H]1OC(=O)OC[C@@H]1CC(OC)OC. The van der Waals surface area contributed by atoms with Crippen LogP contribution >= 0.6 is 0 Å². The van der Waals surface area contributed by atoms with E-state index < -0.39 is 6.16 Å². The molecule has 0 bridgehead atoms. The number of carbonyl (C=O) groups excluding carboxylic acids is 1. The summed E-state index contributed by atoms with van der Waals surface area (Å²) in [5, 5.41) is 0. The first-order valence-electron chi connectivity index (χ1n) is 4.72. The lowest BCUT2D eigenvalue weighted by atomic mass is 9.98. The summed E-state index contributed by atoms with van der Waals surface area (Å²) in [5.74, 6) is 0.0186. The highest BCUT2D eigenvalue weighted by Gasteiger charge is 2.32. The van der Waals surface area contributed by atoms with Gasteiger partial charge in [-0.1, -0.05) is 12.7 Å². The van der Waals surface area contributed by atoms with Crippen LogP contribution in [0.1, 0.15) is 6.42 Å². The molecule has 0 aromatic carbocycles.